The van der Waals surface area contributed by atoms with E-state index in [9.17, 15) is 18.0 Å². The predicted octanol–water partition coefficient (Wildman–Crippen LogP) is 2.84. The van der Waals surface area contributed by atoms with Gasteiger partial charge in [-0.1, -0.05) is 6.42 Å². The Labute approximate surface area is 127 Å². The molecule has 1 heterocycles. The average molecular weight is 315 g/mol. The van der Waals surface area contributed by atoms with E-state index in [1.807, 2.05) is 6.92 Å². The Morgan fingerprint density at radius 2 is 2.23 bits per heavy atom. The molecular weight excluding hydrogens is 295 g/mol. The molecule has 0 radical (unpaired) electrons. The molecule has 0 saturated heterocycles. The fourth-order valence-corrected chi connectivity index (χ4v) is 4.06. The maximum atomic E-state index is 12.5. The molecule has 22 heavy (non-hydrogen) atoms. The lowest BCUT2D eigenvalue weighted by Crippen LogP contribution is -2.41. The van der Waals surface area contributed by atoms with Gasteiger partial charge in [0.05, 0.1) is 0 Å². The summed E-state index contributed by atoms with van der Waals surface area (Å²) in [6.07, 6.45) is 1.67. The summed E-state index contributed by atoms with van der Waals surface area (Å²) in [7, 11) is 0. The predicted molar refractivity (Wildman–Crippen MR) is 73.8 cm³/mol. The molecule has 2 fully saturated rings. The van der Waals surface area contributed by atoms with Gasteiger partial charge in [-0.3, -0.25) is 9.48 Å². The van der Waals surface area contributed by atoms with Gasteiger partial charge < -0.3 is 5.32 Å². The number of nitrogens with zero attached hydrogens (tertiary/aromatic N) is 2. The molecule has 122 valence electrons. The maximum Gasteiger partial charge on any atom is 0.435 e. The van der Waals surface area contributed by atoms with E-state index in [2.05, 4.69) is 10.4 Å². The Bertz CT molecular complexity index is 554. The van der Waals surface area contributed by atoms with Crippen LogP contribution in [0.2, 0.25) is 0 Å². The first-order chi connectivity index (χ1) is 10.3. The van der Waals surface area contributed by atoms with Crippen LogP contribution in [0.25, 0.3) is 0 Å². The quantitative estimate of drug-likeness (QED) is 0.929. The first-order valence-corrected chi connectivity index (χ1v) is 7.73. The van der Waals surface area contributed by atoms with Gasteiger partial charge in [-0.25, -0.2) is 0 Å². The van der Waals surface area contributed by atoms with Gasteiger partial charge in [0, 0.05) is 12.2 Å². The summed E-state index contributed by atoms with van der Waals surface area (Å²) in [5.41, 5.74) is -0.971. The molecule has 4 atom stereocenters. The molecule has 2 saturated carbocycles. The number of fused-ring (bicyclic) bond motifs is 2. The van der Waals surface area contributed by atoms with E-state index in [1.54, 1.807) is 0 Å². The van der Waals surface area contributed by atoms with Crippen molar-refractivity contribution in [2.75, 3.05) is 0 Å². The number of carbonyl (C=O) groups is 1. The molecule has 1 aromatic heterocycles. The second-order valence-electron chi connectivity index (χ2n) is 6.59. The minimum Gasteiger partial charge on any atom is -0.352 e. The first-order valence-electron chi connectivity index (χ1n) is 7.73. The van der Waals surface area contributed by atoms with Crippen LogP contribution in [0.1, 0.15) is 38.3 Å². The Kier molecular flexibility index (Phi) is 3.91. The van der Waals surface area contributed by atoms with E-state index in [4.69, 9.17) is 0 Å². The molecule has 0 aromatic carbocycles. The highest BCUT2D eigenvalue weighted by Gasteiger charge is 2.42. The molecule has 0 spiro atoms. The number of alkyl halides is 3. The highest BCUT2D eigenvalue weighted by atomic mass is 19.4. The van der Waals surface area contributed by atoms with Gasteiger partial charge in [-0.2, -0.15) is 18.3 Å². The highest BCUT2D eigenvalue weighted by molar-refractivity contribution is 5.75. The summed E-state index contributed by atoms with van der Waals surface area (Å²) >= 11 is 0. The van der Waals surface area contributed by atoms with Crippen LogP contribution in [0, 0.1) is 17.8 Å². The molecule has 1 amide bonds. The monoisotopic (exact) mass is 315 g/mol. The van der Waals surface area contributed by atoms with Gasteiger partial charge in [0.2, 0.25) is 5.91 Å². The Hall–Kier alpha value is -1.53. The lowest BCUT2D eigenvalue weighted by molar-refractivity contribution is -0.141. The molecule has 2 aliphatic carbocycles. The molecule has 1 N–H and O–H groups in total. The Balaban J connectivity index is 1.53. The van der Waals surface area contributed by atoms with Crippen molar-refractivity contribution in [3.63, 3.8) is 0 Å². The van der Waals surface area contributed by atoms with Crippen LogP contribution < -0.4 is 5.32 Å². The molecule has 0 unspecified atom stereocenters. The van der Waals surface area contributed by atoms with Crippen molar-refractivity contribution in [3.05, 3.63) is 18.0 Å². The third kappa shape index (κ3) is 3.13. The van der Waals surface area contributed by atoms with Crippen molar-refractivity contribution >= 4 is 5.91 Å². The summed E-state index contributed by atoms with van der Waals surface area (Å²) < 4.78 is 38.4. The van der Waals surface area contributed by atoms with E-state index in [1.165, 1.54) is 25.5 Å². The SMILES string of the molecule is C[C@@H](NC(=O)Cn1ccc(C(F)(F)F)n1)[C@@H]1C[C@H]2CC[C@H]1C2. The van der Waals surface area contributed by atoms with E-state index < -0.39 is 11.9 Å². The normalized spacial score (nSPS) is 28.8. The zero-order valence-electron chi connectivity index (χ0n) is 12.4. The summed E-state index contributed by atoms with van der Waals surface area (Å²) in [4.78, 5) is 12.0. The van der Waals surface area contributed by atoms with Crippen molar-refractivity contribution in [3.8, 4) is 0 Å². The summed E-state index contributed by atoms with van der Waals surface area (Å²) in [6.45, 7) is 1.81. The third-order valence-corrected chi connectivity index (χ3v) is 5.06. The van der Waals surface area contributed by atoms with Crippen molar-refractivity contribution in [1.82, 2.24) is 15.1 Å². The van der Waals surface area contributed by atoms with Crippen LogP contribution in [0.5, 0.6) is 0 Å². The molecular formula is C15H20F3N3O. The maximum absolute atomic E-state index is 12.5. The number of halogens is 3. The van der Waals surface area contributed by atoms with E-state index in [0.717, 1.165) is 23.1 Å². The number of hydrogen-bond donors (Lipinski definition) is 1. The summed E-state index contributed by atoms with van der Waals surface area (Å²) in [5.74, 6) is 1.72. The van der Waals surface area contributed by atoms with Gasteiger partial charge >= 0.3 is 6.18 Å². The third-order valence-electron chi connectivity index (χ3n) is 5.06. The van der Waals surface area contributed by atoms with Crippen LogP contribution in [-0.2, 0) is 17.5 Å². The molecule has 2 bridgehead atoms. The van der Waals surface area contributed by atoms with Gasteiger partial charge in [0.15, 0.2) is 5.69 Å². The van der Waals surface area contributed by atoms with E-state index in [-0.39, 0.29) is 18.5 Å². The van der Waals surface area contributed by atoms with Crippen molar-refractivity contribution in [2.24, 2.45) is 17.8 Å². The minimum absolute atomic E-state index is 0.0699. The fourth-order valence-electron chi connectivity index (χ4n) is 4.06. The van der Waals surface area contributed by atoms with Crippen LogP contribution in [0.15, 0.2) is 12.3 Å². The molecule has 7 heteroatoms. The van der Waals surface area contributed by atoms with Crippen molar-refractivity contribution in [2.45, 2.75) is 51.4 Å². The molecule has 1 aromatic rings. The highest BCUT2D eigenvalue weighted by Crippen LogP contribution is 2.49. The van der Waals surface area contributed by atoms with Gasteiger partial charge in [0.25, 0.3) is 0 Å². The number of nitrogens with one attached hydrogen (secondary N) is 1. The fraction of sp³-hybridized carbons (Fsp3) is 0.733. The number of hydrogen-bond acceptors (Lipinski definition) is 2. The van der Waals surface area contributed by atoms with Crippen LogP contribution in [-0.4, -0.2) is 21.7 Å². The minimum atomic E-state index is -4.47. The summed E-state index contributed by atoms with van der Waals surface area (Å²) in [6, 6.07) is 0.951. The number of aromatic nitrogens is 2. The van der Waals surface area contributed by atoms with Crippen LogP contribution in [0.4, 0.5) is 13.2 Å². The second-order valence-corrected chi connectivity index (χ2v) is 6.59. The lowest BCUT2D eigenvalue weighted by Gasteiger charge is -2.28. The second kappa shape index (κ2) is 5.59. The van der Waals surface area contributed by atoms with Gasteiger partial charge in [0.1, 0.15) is 6.54 Å². The van der Waals surface area contributed by atoms with E-state index >= 15 is 0 Å². The van der Waals surface area contributed by atoms with Gasteiger partial charge in [-0.05, 0) is 50.0 Å². The first kappa shape index (κ1) is 15.4. The molecule has 2 aliphatic rings. The largest absolute Gasteiger partial charge is 0.435 e. The lowest BCUT2D eigenvalue weighted by atomic mass is 9.84. The zero-order chi connectivity index (χ0) is 15.9. The zero-order valence-corrected chi connectivity index (χ0v) is 12.4. The molecule has 0 aliphatic heterocycles. The van der Waals surface area contributed by atoms with Crippen molar-refractivity contribution < 1.29 is 18.0 Å². The van der Waals surface area contributed by atoms with Gasteiger partial charge in [-0.15, -0.1) is 0 Å². The molecule has 4 nitrogen and oxygen atoms in total. The topological polar surface area (TPSA) is 46.9 Å². The van der Waals surface area contributed by atoms with Crippen LogP contribution in [0.3, 0.4) is 0 Å². The standard InChI is InChI=1S/C15H20F3N3O/c1-9(12-7-10-2-3-11(12)6-10)19-14(22)8-21-5-4-13(20-21)15(16,17)18/h4-5,9-12H,2-3,6-8H2,1H3,(H,19,22)/t9-,10+,11+,12+/m1/s1. The van der Waals surface area contributed by atoms with Crippen molar-refractivity contribution in [1.29, 1.82) is 0 Å². The van der Waals surface area contributed by atoms with Crippen LogP contribution >= 0.6 is 0 Å². The Morgan fingerprint density at radius 1 is 1.45 bits per heavy atom. The van der Waals surface area contributed by atoms with E-state index in [0.29, 0.717) is 11.8 Å². The average Bonchev–Trinajstić information content (AvgIpc) is 3.12. The summed E-state index contributed by atoms with van der Waals surface area (Å²) in [5, 5.41) is 6.32. The number of carbonyl (C=O) groups excluding carboxylic acids is 1. The number of rotatable bonds is 4. The Morgan fingerprint density at radius 3 is 2.77 bits per heavy atom. The smallest absolute Gasteiger partial charge is 0.352 e. The number of amides is 1. The molecule has 3 rings (SSSR count).